The molecule has 0 unspecified atom stereocenters. The standard InChI is InChI=1S/C22H21BrN2O3S/c1-22(2,16-9-11-17(23)12-10-16)14-24-20(26)13-25-18-7-3-5-15-6-4-8-19(21(15)18)29(25,27)28/h3-12H,13-14H2,1-2H3,(H,24,26). The molecule has 0 spiro atoms. The van der Waals surface area contributed by atoms with Crippen LogP contribution in [0.15, 0.2) is 70.0 Å². The Balaban J connectivity index is 1.52. The Morgan fingerprint density at radius 3 is 2.38 bits per heavy atom. The Hall–Kier alpha value is -2.38. The summed E-state index contributed by atoms with van der Waals surface area (Å²) >= 11 is 3.43. The van der Waals surface area contributed by atoms with Crippen molar-refractivity contribution in [2.24, 2.45) is 0 Å². The number of benzene rings is 3. The van der Waals surface area contributed by atoms with Crippen LogP contribution >= 0.6 is 15.9 Å². The highest BCUT2D eigenvalue weighted by Crippen LogP contribution is 2.41. The van der Waals surface area contributed by atoms with Gasteiger partial charge >= 0.3 is 0 Å². The van der Waals surface area contributed by atoms with Gasteiger partial charge in [0.25, 0.3) is 10.0 Å². The van der Waals surface area contributed by atoms with Crippen LogP contribution in [0.4, 0.5) is 5.69 Å². The molecule has 0 radical (unpaired) electrons. The van der Waals surface area contributed by atoms with Gasteiger partial charge in [-0.2, -0.15) is 0 Å². The Labute approximate surface area is 178 Å². The lowest BCUT2D eigenvalue weighted by molar-refractivity contribution is -0.119. The second-order valence-electron chi connectivity index (χ2n) is 7.81. The van der Waals surface area contributed by atoms with Crippen molar-refractivity contribution < 1.29 is 13.2 Å². The molecule has 29 heavy (non-hydrogen) atoms. The zero-order chi connectivity index (χ0) is 20.8. The number of nitrogens with zero attached hydrogens (tertiary/aromatic N) is 1. The summed E-state index contributed by atoms with van der Waals surface area (Å²) in [5.74, 6) is -0.330. The number of nitrogens with one attached hydrogen (secondary N) is 1. The number of carbonyl (C=O) groups excluding carboxylic acids is 1. The molecule has 1 aliphatic rings. The summed E-state index contributed by atoms with van der Waals surface area (Å²) in [5.41, 5.74) is 1.36. The molecule has 5 nitrogen and oxygen atoms in total. The van der Waals surface area contributed by atoms with Gasteiger partial charge in [-0.15, -0.1) is 0 Å². The Morgan fingerprint density at radius 2 is 1.69 bits per heavy atom. The number of hydrogen-bond donors (Lipinski definition) is 1. The maximum Gasteiger partial charge on any atom is 0.265 e. The molecule has 3 aromatic rings. The number of amides is 1. The van der Waals surface area contributed by atoms with E-state index in [1.165, 1.54) is 4.31 Å². The monoisotopic (exact) mass is 472 g/mol. The zero-order valence-corrected chi connectivity index (χ0v) is 18.5. The average Bonchev–Trinajstić information content (AvgIpc) is 2.90. The van der Waals surface area contributed by atoms with Crippen LogP contribution in [0.1, 0.15) is 19.4 Å². The Morgan fingerprint density at radius 1 is 1.03 bits per heavy atom. The van der Waals surface area contributed by atoms with Gasteiger partial charge in [0, 0.05) is 21.8 Å². The number of carbonyl (C=O) groups is 1. The van der Waals surface area contributed by atoms with E-state index in [2.05, 4.69) is 21.2 Å². The summed E-state index contributed by atoms with van der Waals surface area (Å²) < 4.78 is 28.2. The van der Waals surface area contributed by atoms with E-state index < -0.39 is 10.0 Å². The highest BCUT2D eigenvalue weighted by molar-refractivity contribution is 9.10. The molecule has 0 bridgehead atoms. The van der Waals surface area contributed by atoms with E-state index in [4.69, 9.17) is 0 Å². The molecule has 3 aromatic carbocycles. The van der Waals surface area contributed by atoms with Crippen LogP contribution in [0, 0.1) is 0 Å². The third-order valence-corrected chi connectivity index (χ3v) is 7.65. The van der Waals surface area contributed by atoms with Gasteiger partial charge in [0.05, 0.1) is 10.6 Å². The van der Waals surface area contributed by atoms with Crippen molar-refractivity contribution in [3.8, 4) is 0 Å². The predicted molar refractivity (Wildman–Crippen MR) is 119 cm³/mol. The van der Waals surface area contributed by atoms with Crippen LogP contribution < -0.4 is 9.62 Å². The van der Waals surface area contributed by atoms with Gasteiger partial charge in [-0.25, -0.2) is 8.42 Å². The summed E-state index contributed by atoms with van der Waals surface area (Å²) in [6, 6.07) is 18.6. The Kier molecular flexibility index (Phi) is 4.91. The number of halogens is 1. The molecular weight excluding hydrogens is 452 g/mol. The minimum atomic E-state index is -3.74. The highest BCUT2D eigenvalue weighted by atomic mass is 79.9. The van der Waals surface area contributed by atoms with Crippen LogP contribution in [-0.4, -0.2) is 27.4 Å². The quantitative estimate of drug-likeness (QED) is 0.604. The van der Waals surface area contributed by atoms with E-state index in [0.29, 0.717) is 17.6 Å². The molecule has 0 aliphatic carbocycles. The fourth-order valence-corrected chi connectivity index (χ4v) is 5.57. The van der Waals surface area contributed by atoms with Gasteiger partial charge in [0.1, 0.15) is 6.54 Å². The third kappa shape index (κ3) is 3.53. The molecule has 150 valence electrons. The van der Waals surface area contributed by atoms with E-state index in [1.54, 1.807) is 18.2 Å². The summed E-state index contributed by atoms with van der Waals surface area (Å²) in [6.45, 7) is 4.24. The lowest BCUT2D eigenvalue weighted by atomic mass is 9.84. The molecule has 0 saturated carbocycles. The smallest absolute Gasteiger partial charge is 0.265 e. The van der Waals surface area contributed by atoms with E-state index >= 15 is 0 Å². The topological polar surface area (TPSA) is 66.5 Å². The van der Waals surface area contributed by atoms with Crippen molar-refractivity contribution in [1.29, 1.82) is 0 Å². The molecule has 1 N–H and O–H groups in total. The van der Waals surface area contributed by atoms with Gasteiger partial charge in [-0.3, -0.25) is 9.10 Å². The molecular formula is C22H21BrN2O3S. The van der Waals surface area contributed by atoms with Crippen molar-refractivity contribution in [2.75, 3.05) is 17.4 Å². The van der Waals surface area contributed by atoms with Crippen LogP contribution in [0.3, 0.4) is 0 Å². The SMILES string of the molecule is CC(C)(CNC(=O)CN1c2cccc3cccc(c23)S1(=O)=O)c1ccc(Br)cc1. The van der Waals surface area contributed by atoms with Crippen LogP contribution in [0.2, 0.25) is 0 Å². The van der Waals surface area contributed by atoms with Gasteiger partial charge in [-0.05, 0) is 35.2 Å². The normalized spacial score (nSPS) is 14.9. The highest BCUT2D eigenvalue weighted by Gasteiger charge is 2.36. The fraction of sp³-hybridized carbons (Fsp3) is 0.227. The van der Waals surface area contributed by atoms with E-state index in [-0.39, 0.29) is 22.8 Å². The predicted octanol–water partition coefficient (Wildman–Crippen LogP) is 4.21. The fourth-order valence-electron chi connectivity index (χ4n) is 3.64. The second-order valence-corrected chi connectivity index (χ2v) is 10.6. The third-order valence-electron chi connectivity index (χ3n) is 5.32. The molecule has 0 atom stereocenters. The first-order valence-electron chi connectivity index (χ1n) is 9.27. The average molecular weight is 473 g/mol. The summed E-state index contributed by atoms with van der Waals surface area (Å²) in [4.78, 5) is 12.9. The number of sulfonamides is 1. The van der Waals surface area contributed by atoms with Crippen molar-refractivity contribution in [3.05, 3.63) is 70.7 Å². The lowest BCUT2D eigenvalue weighted by Gasteiger charge is -2.26. The Bertz CT molecular complexity index is 1200. The zero-order valence-electron chi connectivity index (χ0n) is 16.1. The summed E-state index contributed by atoms with van der Waals surface area (Å²) in [6.07, 6.45) is 0. The van der Waals surface area contributed by atoms with Gasteiger partial charge in [0.15, 0.2) is 0 Å². The molecule has 1 amide bonds. The van der Waals surface area contributed by atoms with E-state index in [9.17, 15) is 13.2 Å². The first kappa shape index (κ1) is 19.9. The molecule has 0 aromatic heterocycles. The van der Waals surface area contributed by atoms with Crippen molar-refractivity contribution in [3.63, 3.8) is 0 Å². The van der Waals surface area contributed by atoms with Crippen molar-refractivity contribution in [1.82, 2.24) is 5.32 Å². The van der Waals surface area contributed by atoms with Crippen molar-refractivity contribution >= 4 is 48.3 Å². The maximum absolute atomic E-state index is 13.0. The molecule has 1 aliphatic heterocycles. The van der Waals surface area contributed by atoms with Crippen LogP contribution in [0.25, 0.3) is 10.8 Å². The largest absolute Gasteiger partial charge is 0.354 e. The van der Waals surface area contributed by atoms with Crippen LogP contribution in [-0.2, 0) is 20.2 Å². The first-order chi connectivity index (χ1) is 13.7. The second kappa shape index (κ2) is 7.15. The summed E-state index contributed by atoms with van der Waals surface area (Å²) in [5, 5.41) is 4.43. The van der Waals surface area contributed by atoms with Gasteiger partial charge in [-0.1, -0.05) is 66.2 Å². The van der Waals surface area contributed by atoms with Crippen LogP contribution in [0.5, 0.6) is 0 Å². The van der Waals surface area contributed by atoms with Crippen molar-refractivity contribution in [2.45, 2.75) is 24.2 Å². The molecule has 4 rings (SSSR count). The minimum Gasteiger partial charge on any atom is -0.354 e. The van der Waals surface area contributed by atoms with Gasteiger partial charge in [0.2, 0.25) is 5.91 Å². The first-order valence-corrected chi connectivity index (χ1v) is 11.5. The number of anilines is 1. The number of hydrogen-bond acceptors (Lipinski definition) is 3. The summed E-state index contributed by atoms with van der Waals surface area (Å²) in [7, 11) is -3.74. The molecule has 0 fully saturated rings. The minimum absolute atomic E-state index is 0.244. The number of rotatable bonds is 5. The van der Waals surface area contributed by atoms with E-state index in [1.807, 2.05) is 56.3 Å². The lowest BCUT2D eigenvalue weighted by Crippen LogP contribution is -2.43. The van der Waals surface area contributed by atoms with E-state index in [0.717, 1.165) is 15.4 Å². The van der Waals surface area contributed by atoms with Gasteiger partial charge < -0.3 is 5.32 Å². The molecule has 1 heterocycles. The maximum atomic E-state index is 13.0. The molecule has 0 saturated heterocycles. The molecule has 7 heteroatoms.